The second-order valence-electron chi connectivity index (χ2n) is 4.46. The van der Waals surface area contributed by atoms with E-state index in [-0.39, 0.29) is 24.3 Å². The molecule has 108 valence electrons. The van der Waals surface area contributed by atoms with Gasteiger partial charge in [-0.05, 0) is 24.1 Å². The maximum atomic E-state index is 12.0. The Kier molecular flexibility index (Phi) is 5.06. The van der Waals surface area contributed by atoms with Crippen LogP contribution in [-0.4, -0.2) is 20.7 Å². The number of benzene rings is 1. The molecule has 7 heteroatoms. The quantitative estimate of drug-likeness (QED) is 0.898. The SMILES string of the molecule is CC[C@H](NC(=O)Cn1cnc(C#N)n1)c1ccc(Br)cc1. The van der Waals surface area contributed by atoms with Crippen molar-refractivity contribution in [1.82, 2.24) is 20.1 Å². The maximum Gasteiger partial charge on any atom is 0.252 e. The molecule has 2 aromatic rings. The largest absolute Gasteiger partial charge is 0.348 e. The van der Waals surface area contributed by atoms with Gasteiger partial charge in [-0.15, -0.1) is 5.10 Å². The molecule has 0 spiro atoms. The average molecular weight is 348 g/mol. The lowest BCUT2D eigenvalue weighted by molar-refractivity contribution is -0.122. The standard InChI is InChI=1S/C14H14BrN5O/c1-2-12(10-3-5-11(15)6-4-10)18-14(21)8-20-9-17-13(7-16)19-20/h3-6,9,12H,2,8H2,1H3,(H,18,21)/t12-/m0/s1. The van der Waals surface area contributed by atoms with Crippen molar-refractivity contribution in [3.05, 3.63) is 46.5 Å². The highest BCUT2D eigenvalue weighted by Crippen LogP contribution is 2.19. The van der Waals surface area contributed by atoms with E-state index in [1.807, 2.05) is 37.3 Å². The van der Waals surface area contributed by atoms with Crippen molar-refractivity contribution in [3.8, 4) is 6.07 Å². The number of nitrogens with zero attached hydrogens (tertiary/aromatic N) is 4. The highest BCUT2D eigenvalue weighted by molar-refractivity contribution is 9.10. The van der Waals surface area contributed by atoms with Crippen molar-refractivity contribution in [2.75, 3.05) is 0 Å². The molecule has 0 aliphatic heterocycles. The summed E-state index contributed by atoms with van der Waals surface area (Å²) < 4.78 is 2.35. The van der Waals surface area contributed by atoms with Gasteiger partial charge in [-0.25, -0.2) is 9.67 Å². The fraction of sp³-hybridized carbons (Fsp3) is 0.286. The molecule has 0 saturated carbocycles. The molecule has 0 unspecified atom stereocenters. The zero-order valence-electron chi connectivity index (χ0n) is 11.5. The van der Waals surface area contributed by atoms with Gasteiger partial charge in [-0.3, -0.25) is 4.79 Å². The summed E-state index contributed by atoms with van der Waals surface area (Å²) in [5.74, 6) is -0.109. The molecule has 1 aromatic heterocycles. The number of carbonyl (C=O) groups excluding carboxylic acids is 1. The molecule has 21 heavy (non-hydrogen) atoms. The highest BCUT2D eigenvalue weighted by Gasteiger charge is 2.13. The van der Waals surface area contributed by atoms with Crippen LogP contribution in [0.15, 0.2) is 35.1 Å². The zero-order valence-corrected chi connectivity index (χ0v) is 13.0. The van der Waals surface area contributed by atoms with Gasteiger partial charge in [0, 0.05) is 4.47 Å². The van der Waals surface area contributed by atoms with Crippen LogP contribution in [0.25, 0.3) is 0 Å². The Hall–Kier alpha value is -2.20. The Morgan fingerprint density at radius 3 is 2.76 bits per heavy atom. The minimum atomic E-state index is -0.167. The molecule has 0 saturated heterocycles. The minimum Gasteiger partial charge on any atom is -0.348 e. The summed E-state index contributed by atoms with van der Waals surface area (Å²) in [5.41, 5.74) is 1.05. The fourth-order valence-electron chi connectivity index (χ4n) is 1.93. The van der Waals surface area contributed by atoms with E-state index < -0.39 is 0 Å². The Morgan fingerprint density at radius 1 is 1.48 bits per heavy atom. The summed E-state index contributed by atoms with van der Waals surface area (Å²) in [6.45, 7) is 2.05. The van der Waals surface area contributed by atoms with Crippen molar-refractivity contribution in [3.63, 3.8) is 0 Å². The van der Waals surface area contributed by atoms with E-state index in [0.29, 0.717) is 0 Å². The van der Waals surface area contributed by atoms with Crippen LogP contribution in [-0.2, 0) is 11.3 Å². The Labute approximate surface area is 130 Å². The third-order valence-electron chi connectivity index (χ3n) is 2.96. The molecule has 1 N–H and O–H groups in total. The first kappa shape index (κ1) is 15.2. The maximum absolute atomic E-state index is 12.0. The molecule has 1 aromatic carbocycles. The molecule has 0 fully saturated rings. The van der Waals surface area contributed by atoms with Crippen molar-refractivity contribution >= 4 is 21.8 Å². The monoisotopic (exact) mass is 347 g/mol. The van der Waals surface area contributed by atoms with E-state index in [4.69, 9.17) is 5.26 Å². The van der Waals surface area contributed by atoms with Crippen LogP contribution < -0.4 is 5.32 Å². The lowest BCUT2D eigenvalue weighted by Gasteiger charge is -2.17. The number of hydrogen-bond donors (Lipinski definition) is 1. The number of aromatic nitrogens is 3. The predicted octanol–water partition coefficient (Wildman–Crippen LogP) is 2.18. The molecule has 0 aliphatic rings. The van der Waals surface area contributed by atoms with E-state index in [1.165, 1.54) is 11.0 Å². The number of rotatable bonds is 5. The van der Waals surface area contributed by atoms with Gasteiger partial charge in [0.05, 0.1) is 6.04 Å². The van der Waals surface area contributed by atoms with Crippen LogP contribution >= 0.6 is 15.9 Å². The fourth-order valence-corrected chi connectivity index (χ4v) is 2.19. The first-order chi connectivity index (χ1) is 10.1. The number of hydrogen-bond acceptors (Lipinski definition) is 4. The third kappa shape index (κ3) is 4.13. The summed E-state index contributed by atoms with van der Waals surface area (Å²) in [7, 11) is 0. The molecule has 0 aliphatic carbocycles. The summed E-state index contributed by atoms with van der Waals surface area (Å²) in [6, 6.07) is 9.61. The van der Waals surface area contributed by atoms with Crippen LogP contribution in [0.4, 0.5) is 0 Å². The van der Waals surface area contributed by atoms with Crippen LogP contribution in [0.5, 0.6) is 0 Å². The molecule has 0 bridgehead atoms. The topological polar surface area (TPSA) is 83.6 Å². The zero-order chi connectivity index (χ0) is 15.2. The van der Waals surface area contributed by atoms with Gasteiger partial charge in [0.1, 0.15) is 18.9 Å². The second-order valence-corrected chi connectivity index (χ2v) is 5.37. The van der Waals surface area contributed by atoms with E-state index in [0.717, 1.165) is 16.5 Å². The third-order valence-corrected chi connectivity index (χ3v) is 3.49. The summed E-state index contributed by atoms with van der Waals surface area (Å²) in [6.07, 6.45) is 2.16. The molecule has 6 nitrogen and oxygen atoms in total. The molecular formula is C14H14BrN5O. The summed E-state index contributed by atoms with van der Waals surface area (Å²) >= 11 is 3.39. The Balaban J connectivity index is 1.99. The number of carbonyl (C=O) groups is 1. The van der Waals surface area contributed by atoms with Crippen LogP contribution in [0, 0.1) is 11.3 Å². The van der Waals surface area contributed by atoms with Gasteiger partial charge in [-0.1, -0.05) is 35.0 Å². The Bertz CT molecular complexity index is 659. The first-order valence-corrected chi connectivity index (χ1v) is 7.26. The minimum absolute atomic E-state index is 0.0434. The number of halogens is 1. The second kappa shape index (κ2) is 6.99. The molecule has 1 amide bonds. The molecule has 1 atom stereocenters. The van der Waals surface area contributed by atoms with Crippen LogP contribution in [0.2, 0.25) is 0 Å². The van der Waals surface area contributed by atoms with Gasteiger partial charge in [0.15, 0.2) is 0 Å². The van der Waals surface area contributed by atoms with Crippen LogP contribution in [0.1, 0.15) is 30.8 Å². The van der Waals surface area contributed by atoms with Crippen molar-refractivity contribution in [1.29, 1.82) is 5.26 Å². The summed E-state index contributed by atoms with van der Waals surface area (Å²) in [4.78, 5) is 15.8. The van der Waals surface area contributed by atoms with E-state index in [9.17, 15) is 4.79 Å². The van der Waals surface area contributed by atoms with Gasteiger partial charge in [0.2, 0.25) is 5.91 Å². The molecule has 1 heterocycles. The number of amides is 1. The lowest BCUT2D eigenvalue weighted by Crippen LogP contribution is -2.31. The lowest BCUT2D eigenvalue weighted by atomic mass is 10.0. The smallest absolute Gasteiger partial charge is 0.252 e. The van der Waals surface area contributed by atoms with Crippen LogP contribution in [0.3, 0.4) is 0 Å². The number of nitrogens with one attached hydrogen (secondary N) is 1. The van der Waals surface area contributed by atoms with E-state index in [1.54, 1.807) is 0 Å². The van der Waals surface area contributed by atoms with Gasteiger partial charge >= 0.3 is 0 Å². The van der Waals surface area contributed by atoms with E-state index in [2.05, 4.69) is 31.3 Å². The first-order valence-electron chi connectivity index (χ1n) is 6.46. The molecule has 0 radical (unpaired) electrons. The number of nitriles is 1. The molecular weight excluding hydrogens is 334 g/mol. The van der Waals surface area contributed by atoms with Gasteiger partial charge in [-0.2, -0.15) is 5.26 Å². The van der Waals surface area contributed by atoms with Gasteiger partial charge in [0.25, 0.3) is 5.82 Å². The Morgan fingerprint density at radius 2 is 2.19 bits per heavy atom. The van der Waals surface area contributed by atoms with Gasteiger partial charge < -0.3 is 5.32 Å². The van der Waals surface area contributed by atoms with Crippen molar-refractivity contribution in [2.24, 2.45) is 0 Å². The summed E-state index contributed by atoms with van der Waals surface area (Å²) in [5, 5.41) is 15.5. The molecule has 2 rings (SSSR count). The normalized spacial score (nSPS) is 11.7. The van der Waals surface area contributed by atoms with Crippen molar-refractivity contribution in [2.45, 2.75) is 25.9 Å². The highest BCUT2D eigenvalue weighted by atomic mass is 79.9. The average Bonchev–Trinajstić information content (AvgIpc) is 2.93. The predicted molar refractivity (Wildman–Crippen MR) is 80.1 cm³/mol. The van der Waals surface area contributed by atoms with Crippen molar-refractivity contribution < 1.29 is 4.79 Å². The van der Waals surface area contributed by atoms with E-state index >= 15 is 0 Å².